The number of nitrogens with two attached hydrogens (primary N) is 1. The third-order valence-electron chi connectivity index (χ3n) is 2.65. The number of carbonyl (C=O) groups excluding carboxylic acids is 1. The van der Waals surface area contributed by atoms with Crippen molar-refractivity contribution in [1.82, 2.24) is 9.97 Å². The van der Waals surface area contributed by atoms with Crippen molar-refractivity contribution >= 4 is 17.7 Å². The number of ether oxygens (including phenoxy) is 1. The lowest BCUT2D eigenvalue weighted by Crippen LogP contribution is -2.23. The molecular formula is C13H15N5O2. The molecule has 1 aromatic carbocycles. The van der Waals surface area contributed by atoms with E-state index in [-0.39, 0.29) is 5.95 Å². The molecule has 0 aliphatic carbocycles. The maximum absolute atomic E-state index is 11.9. The van der Waals surface area contributed by atoms with Crippen LogP contribution >= 0.6 is 0 Å². The summed E-state index contributed by atoms with van der Waals surface area (Å²) in [6.45, 7) is 0. The Morgan fingerprint density at radius 2 is 2.05 bits per heavy atom. The summed E-state index contributed by atoms with van der Waals surface area (Å²) < 4.78 is 4.81. The van der Waals surface area contributed by atoms with E-state index in [9.17, 15) is 4.79 Å². The van der Waals surface area contributed by atoms with Crippen LogP contribution in [-0.4, -0.2) is 23.0 Å². The van der Waals surface area contributed by atoms with Gasteiger partial charge in [-0.05, 0) is 11.6 Å². The van der Waals surface area contributed by atoms with E-state index in [1.165, 1.54) is 13.3 Å². The van der Waals surface area contributed by atoms with Crippen molar-refractivity contribution in [3.63, 3.8) is 0 Å². The van der Waals surface area contributed by atoms with Crippen molar-refractivity contribution in [2.24, 2.45) is 5.84 Å². The van der Waals surface area contributed by atoms with Crippen LogP contribution in [0.2, 0.25) is 0 Å². The molecule has 1 heterocycles. The fourth-order valence-corrected chi connectivity index (χ4v) is 1.70. The maximum atomic E-state index is 11.9. The second-order valence-corrected chi connectivity index (χ2v) is 3.92. The molecule has 104 valence electrons. The first kappa shape index (κ1) is 13.8. The summed E-state index contributed by atoms with van der Waals surface area (Å²) in [6, 6.07) is 10.2. The molecule has 2 aromatic rings. The Kier molecular flexibility index (Phi) is 4.46. The number of hydrogen-bond acceptors (Lipinski definition) is 7. The van der Waals surface area contributed by atoms with Crippen LogP contribution in [0.3, 0.4) is 0 Å². The van der Waals surface area contributed by atoms with Gasteiger partial charge in [-0.15, -0.1) is 0 Å². The zero-order valence-electron chi connectivity index (χ0n) is 10.9. The number of anilines is 2. The highest BCUT2D eigenvalue weighted by molar-refractivity contribution is 5.80. The van der Waals surface area contributed by atoms with Crippen molar-refractivity contribution in [1.29, 1.82) is 0 Å². The lowest BCUT2D eigenvalue weighted by Gasteiger charge is -2.17. The number of aromatic nitrogens is 2. The molecular weight excluding hydrogens is 258 g/mol. The summed E-state index contributed by atoms with van der Waals surface area (Å²) in [4.78, 5) is 19.9. The predicted molar refractivity (Wildman–Crippen MR) is 74.7 cm³/mol. The molecule has 1 unspecified atom stereocenters. The van der Waals surface area contributed by atoms with Crippen LogP contribution in [0.5, 0.6) is 0 Å². The third kappa shape index (κ3) is 3.21. The number of esters is 1. The molecule has 0 saturated heterocycles. The normalized spacial score (nSPS) is 11.5. The van der Waals surface area contributed by atoms with E-state index in [2.05, 4.69) is 20.7 Å². The number of nitrogen functional groups attached to an aromatic ring is 1. The van der Waals surface area contributed by atoms with Gasteiger partial charge in [0, 0.05) is 6.20 Å². The molecule has 0 fully saturated rings. The second-order valence-electron chi connectivity index (χ2n) is 3.92. The number of methoxy groups -OCH3 is 1. The Morgan fingerprint density at radius 1 is 1.30 bits per heavy atom. The molecule has 1 aromatic heterocycles. The fraction of sp³-hybridized carbons (Fsp3) is 0.154. The van der Waals surface area contributed by atoms with Gasteiger partial charge in [0.1, 0.15) is 5.82 Å². The SMILES string of the molecule is COC(=O)C(Nc1ccnc(NN)n1)c1ccccc1. The third-order valence-corrected chi connectivity index (χ3v) is 2.65. The van der Waals surface area contributed by atoms with Crippen LogP contribution in [0.4, 0.5) is 11.8 Å². The number of nitrogens with one attached hydrogen (secondary N) is 2. The molecule has 0 aliphatic rings. The van der Waals surface area contributed by atoms with Gasteiger partial charge in [-0.1, -0.05) is 30.3 Å². The summed E-state index contributed by atoms with van der Waals surface area (Å²) in [5.74, 6) is 5.57. The minimum absolute atomic E-state index is 0.256. The van der Waals surface area contributed by atoms with Crippen molar-refractivity contribution in [2.45, 2.75) is 6.04 Å². The number of hydrazine groups is 1. The first-order chi connectivity index (χ1) is 9.74. The second kappa shape index (κ2) is 6.48. The van der Waals surface area contributed by atoms with Crippen LogP contribution in [0, 0.1) is 0 Å². The number of rotatable bonds is 5. The summed E-state index contributed by atoms with van der Waals surface area (Å²) in [5, 5.41) is 3.00. The van der Waals surface area contributed by atoms with Crippen molar-refractivity contribution in [3.8, 4) is 0 Å². The van der Waals surface area contributed by atoms with Gasteiger partial charge in [0.05, 0.1) is 7.11 Å². The highest BCUT2D eigenvalue weighted by Crippen LogP contribution is 2.19. The fourth-order valence-electron chi connectivity index (χ4n) is 1.70. The highest BCUT2D eigenvalue weighted by Gasteiger charge is 2.21. The number of nitrogens with zero attached hydrogens (tertiary/aromatic N) is 2. The van der Waals surface area contributed by atoms with E-state index < -0.39 is 12.0 Å². The van der Waals surface area contributed by atoms with Crippen LogP contribution in [0.25, 0.3) is 0 Å². The minimum atomic E-state index is -0.651. The molecule has 4 N–H and O–H groups in total. The van der Waals surface area contributed by atoms with Gasteiger partial charge in [0.15, 0.2) is 6.04 Å². The molecule has 0 amide bonds. The first-order valence-electron chi connectivity index (χ1n) is 5.93. The van der Waals surface area contributed by atoms with E-state index in [0.29, 0.717) is 5.82 Å². The maximum Gasteiger partial charge on any atom is 0.333 e. The molecule has 20 heavy (non-hydrogen) atoms. The van der Waals surface area contributed by atoms with Crippen molar-refractivity contribution < 1.29 is 9.53 Å². The molecule has 0 saturated carbocycles. The first-order valence-corrected chi connectivity index (χ1v) is 5.93. The molecule has 0 spiro atoms. The van der Waals surface area contributed by atoms with E-state index in [1.807, 2.05) is 30.3 Å². The summed E-state index contributed by atoms with van der Waals surface area (Å²) in [6.07, 6.45) is 1.53. The van der Waals surface area contributed by atoms with Gasteiger partial charge >= 0.3 is 5.97 Å². The minimum Gasteiger partial charge on any atom is -0.467 e. The molecule has 7 nitrogen and oxygen atoms in total. The molecule has 0 radical (unpaired) electrons. The van der Waals surface area contributed by atoms with Crippen molar-refractivity contribution in [2.75, 3.05) is 17.9 Å². The standard InChI is InChI=1S/C13H15N5O2/c1-20-12(19)11(9-5-3-2-4-6-9)16-10-7-8-15-13(17-10)18-14/h2-8,11H,14H2,1H3,(H2,15,16,17,18). The Hall–Kier alpha value is -2.67. The average Bonchev–Trinajstić information content (AvgIpc) is 2.53. The van der Waals surface area contributed by atoms with Crippen LogP contribution in [0.15, 0.2) is 42.6 Å². The smallest absolute Gasteiger partial charge is 0.333 e. The monoisotopic (exact) mass is 273 g/mol. The number of hydrogen-bond donors (Lipinski definition) is 3. The van der Waals surface area contributed by atoms with Gasteiger partial charge in [0.25, 0.3) is 0 Å². The van der Waals surface area contributed by atoms with Crippen LogP contribution in [-0.2, 0) is 9.53 Å². The van der Waals surface area contributed by atoms with Gasteiger partial charge in [0.2, 0.25) is 5.95 Å². The Balaban J connectivity index is 2.26. The van der Waals surface area contributed by atoms with E-state index in [1.54, 1.807) is 6.07 Å². The summed E-state index contributed by atoms with van der Waals surface area (Å²) in [5.41, 5.74) is 3.12. The quantitative estimate of drug-likeness (QED) is 0.425. The van der Waals surface area contributed by atoms with E-state index in [0.717, 1.165) is 5.56 Å². The predicted octanol–water partition coefficient (Wildman–Crippen LogP) is 1.09. The zero-order chi connectivity index (χ0) is 14.4. The molecule has 2 rings (SSSR count). The lowest BCUT2D eigenvalue weighted by molar-refractivity contribution is -0.141. The van der Waals surface area contributed by atoms with Crippen molar-refractivity contribution in [3.05, 3.63) is 48.2 Å². The largest absolute Gasteiger partial charge is 0.467 e. The van der Waals surface area contributed by atoms with Gasteiger partial charge in [-0.25, -0.2) is 15.6 Å². The Morgan fingerprint density at radius 3 is 2.70 bits per heavy atom. The van der Waals surface area contributed by atoms with Crippen LogP contribution in [0.1, 0.15) is 11.6 Å². The van der Waals surface area contributed by atoms with Gasteiger partial charge in [-0.2, -0.15) is 4.98 Å². The average molecular weight is 273 g/mol. The molecule has 7 heteroatoms. The van der Waals surface area contributed by atoms with E-state index in [4.69, 9.17) is 10.6 Å². The highest BCUT2D eigenvalue weighted by atomic mass is 16.5. The topological polar surface area (TPSA) is 102 Å². The Labute approximate surface area is 116 Å². The number of benzene rings is 1. The van der Waals surface area contributed by atoms with Crippen LogP contribution < -0.4 is 16.6 Å². The summed E-state index contributed by atoms with van der Waals surface area (Å²) in [7, 11) is 1.34. The van der Waals surface area contributed by atoms with E-state index >= 15 is 0 Å². The van der Waals surface area contributed by atoms with Gasteiger partial charge in [-0.3, -0.25) is 5.43 Å². The molecule has 0 aliphatic heterocycles. The number of carbonyl (C=O) groups is 1. The molecule has 1 atom stereocenters. The molecule has 0 bridgehead atoms. The lowest BCUT2D eigenvalue weighted by atomic mass is 10.1. The zero-order valence-corrected chi connectivity index (χ0v) is 10.9. The van der Waals surface area contributed by atoms with Gasteiger partial charge < -0.3 is 10.1 Å². The Bertz CT molecular complexity index is 576. The summed E-state index contributed by atoms with van der Waals surface area (Å²) >= 11 is 0.